The lowest BCUT2D eigenvalue weighted by atomic mass is 9.99. The maximum atomic E-state index is 14.4. The van der Waals surface area contributed by atoms with Crippen LogP contribution in [0.4, 0.5) is 4.39 Å². The van der Waals surface area contributed by atoms with Crippen molar-refractivity contribution < 1.29 is 14.0 Å². The van der Waals surface area contributed by atoms with Crippen LogP contribution in [0.3, 0.4) is 0 Å². The van der Waals surface area contributed by atoms with Crippen LogP contribution in [0.1, 0.15) is 31.7 Å². The fourth-order valence-electron chi connectivity index (χ4n) is 3.55. The Kier molecular flexibility index (Phi) is 6.32. The van der Waals surface area contributed by atoms with E-state index in [0.29, 0.717) is 12.2 Å². The number of carbonyl (C=O) groups is 2. The van der Waals surface area contributed by atoms with Crippen LogP contribution < -0.4 is 16.0 Å². The van der Waals surface area contributed by atoms with E-state index in [1.54, 1.807) is 0 Å². The number of nitrogens with zero attached hydrogens (tertiary/aromatic N) is 2. The van der Waals surface area contributed by atoms with Crippen molar-refractivity contribution in [1.82, 2.24) is 25.5 Å². The Hall–Kier alpha value is -2.74. The number of nitrogens with one attached hydrogen (secondary N) is 3. The van der Waals surface area contributed by atoms with Gasteiger partial charge in [0, 0.05) is 25.7 Å². The minimum absolute atomic E-state index is 0.0204. The van der Waals surface area contributed by atoms with Crippen molar-refractivity contribution >= 4 is 11.8 Å². The van der Waals surface area contributed by atoms with Gasteiger partial charge in [0.1, 0.15) is 17.5 Å². The minimum atomic E-state index is -1.89. The molecule has 1 aliphatic rings. The molecule has 2 aromatic rings. The smallest absolute Gasteiger partial charge is 0.245 e. The lowest BCUT2D eigenvalue weighted by Gasteiger charge is -2.26. The first kappa shape index (κ1) is 21.0. The Morgan fingerprint density at radius 2 is 2.03 bits per heavy atom. The molecule has 1 aromatic heterocycles. The average molecular weight is 401 g/mol. The SMILES string of the molecule is CNC(=O)C(NC(=O)Cc1nc(-c2ccccc2)n2c1CNCCC2)C(C)(C)F. The van der Waals surface area contributed by atoms with Gasteiger partial charge in [0.15, 0.2) is 0 Å². The summed E-state index contributed by atoms with van der Waals surface area (Å²) in [6.07, 6.45) is 0.942. The first-order valence-electron chi connectivity index (χ1n) is 9.85. The van der Waals surface area contributed by atoms with Crippen molar-refractivity contribution in [2.24, 2.45) is 0 Å². The molecule has 1 aromatic carbocycles. The van der Waals surface area contributed by atoms with E-state index in [0.717, 1.165) is 36.6 Å². The predicted octanol–water partition coefficient (Wildman–Crippen LogP) is 1.56. The standard InChI is InChI=1S/C21H28FN5O2/c1-21(2,22)18(20(29)23-3)26-17(28)12-15-16-13-24-10-7-11-27(16)19(25-15)14-8-5-4-6-9-14/h4-6,8-9,18,24H,7,10-13H2,1-3H3,(H,23,29)(H,26,28). The zero-order valence-electron chi connectivity index (χ0n) is 17.1. The van der Waals surface area contributed by atoms with Crippen LogP contribution in [-0.4, -0.2) is 46.7 Å². The van der Waals surface area contributed by atoms with Crippen LogP contribution in [0, 0.1) is 0 Å². The molecule has 0 saturated heterocycles. The highest BCUT2D eigenvalue weighted by atomic mass is 19.1. The van der Waals surface area contributed by atoms with E-state index >= 15 is 0 Å². The normalized spacial score (nSPS) is 15.2. The molecule has 1 unspecified atom stereocenters. The number of likely N-dealkylation sites (N-methyl/N-ethyl adjacent to an activating group) is 1. The number of benzene rings is 1. The highest BCUT2D eigenvalue weighted by Gasteiger charge is 2.36. The quantitative estimate of drug-likeness (QED) is 0.686. The van der Waals surface area contributed by atoms with Gasteiger partial charge in [-0.1, -0.05) is 30.3 Å². The van der Waals surface area contributed by atoms with E-state index in [1.807, 2.05) is 30.3 Å². The van der Waals surface area contributed by atoms with Gasteiger partial charge < -0.3 is 20.5 Å². The zero-order valence-corrected chi connectivity index (χ0v) is 17.1. The highest BCUT2D eigenvalue weighted by Crippen LogP contribution is 2.25. The van der Waals surface area contributed by atoms with Crippen LogP contribution in [0.15, 0.2) is 30.3 Å². The number of imidazole rings is 1. The number of rotatable bonds is 6. The van der Waals surface area contributed by atoms with Gasteiger partial charge in [0.05, 0.1) is 17.8 Å². The summed E-state index contributed by atoms with van der Waals surface area (Å²) in [5, 5.41) is 8.29. The van der Waals surface area contributed by atoms with E-state index in [-0.39, 0.29) is 6.42 Å². The lowest BCUT2D eigenvalue weighted by Crippen LogP contribution is -2.55. The van der Waals surface area contributed by atoms with E-state index in [4.69, 9.17) is 4.98 Å². The maximum absolute atomic E-state index is 14.4. The molecule has 0 bridgehead atoms. The Bertz CT molecular complexity index is 873. The summed E-state index contributed by atoms with van der Waals surface area (Å²) in [4.78, 5) is 29.4. The second-order valence-corrected chi connectivity index (χ2v) is 7.73. The fraction of sp³-hybridized carbons (Fsp3) is 0.476. The van der Waals surface area contributed by atoms with E-state index in [1.165, 1.54) is 20.9 Å². The summed E-state index contributed by atoms with van der Waals surface area (Å²) in [6, 6.07) is 8.57. The van der Waals surface area contributed by atoms with Gasteiger partial charge in [-0.05, 0) is 26.8 Å². The first-order valence-corrected chi connectivity index (χ1v) is 9.85. The van der Waals surface area contributed by atoms with E-state index in [2.05, 4.69) is 20.5 Å². The third-order valence-electron chi connectivity index (χ3n) is 5.04. The Labute approximate surface area is 170 Å². The highest BCUT2D eigenvalue weighted by molar-refractivity contribution is 5.89. The lowest BCUT2D eigenvalue weighted by molar-refractivity contribution is -0.131. The van der Waals surface area contributed by atoms with E-state index in [9.17, 15) is 14.0 Å². The van der Waals surface area contributed by atoms with Crippen molar-refractivity contribution in [3.63, 3.8) is 0 Å². The molecule has 7 nitrogen and oxygen atoms in total. The number of halogens is 1. The predicted molar refractivity (Wildman–Crippen MR) is 109 cm³/mol. The monoisotopic (exact) mass is 401 g/mol. The van der Waals surface area contributed by atoms with Crippen molar-refractivity contribution in [2.75, 3.05) is 13.6 Å². The van der Waals surface area contributed by atoms with Gasteiger partial charge in [-0.2, -0.15) is 0 Å². The molecular formula is C21H28FN5O2. The number of fused-ring (bicyclic) bond motifs is 1. The van der Waals surface area contributed by atoms with Crippen molar-refractivity contribution in [2.45, 2.75) is 51.5 Å². The van der Waals surface area contributed by atoms with E-state index < -0.39 is 23.5 Å². The summed E-state index contributed by atoms with van der Waals surface area (Å²) >= 11 is 0. The molecule has 0 spiro atoms. The molecule has 2 amide bonds. The summed E-state index contributed by atoms with van der Waals surface area (Å²) in [5.74, 6) is -0.184. The van der Waals surface area contributed by atoms with Crippen LogP contribution in [0.5, 0.6) is 0 Å². The third kappa shape index (κ3) is 4.82. The Balaban J connectivity index is 1.88. The molecule has 8 heteroatoms. The van der Waals surface area contributed by atoms with Gasteiger partial charge in [-0.3, -0.25) is 9.59 Å². The molecule has 0 saturated carbocycles. The fourth-order valence-corrected chi connectivity index (χ4v) is 3.55. The maximum Gasteiger partial charge on any atom is 0.245 e. The van der Waals surface area contributed by atoms with Crippen molar-refractivity contribution in [3.8, 4) is 11.4 Å². The molecule has 2 heterocycles. The Morgan fingerprint density at radius 3 is 2.69 bits per heavy atom. The number of carbonyl (C=O) groups excluding carboxylic acids is 2. The number of aromatic nitrogens is 2. The summed E-state index contributed by atoms with van der Waals surface area (Å²) in [6.45, 7) is 4.84. The van der Waals surface area contributed by atoms with Crippen LogP contribution in [0.2, 0.25) is 0 Å². The molecule has 0 aliphatic carbocycles. The third-order valence-corrected chi connectivity index (χ3v) is 5.04. The second kappa shape index (κ2) is 8.73. The number of hydrogen-bond acceptors (Lipinski definition) is 4. The van der Waals surface area contributed by atoms with Gasteiger partial charge in [0.25, 0.3) is 0 Å². The van der Waals surface area contributed by atoms with Crippen LogP contribution in [-0.2, 0) is 29.1 Å². The van der Waals surface area contributed by atoms with Crippen molar-refractivity contribution in [3.05, 3.63) is 41.7 Å². The summed E-state index contributed by atoms with van der Waals surface area (Å²) in [7, 11) is 1.42. The average Bonchev–Trinajstić information content (AvgIpc) is 2.86. The molecular weight excluding hydrogens is 373 g/mol. The van der Waals surface area contributed by atoms with Crippen LogP contribution in [0.25, 0.3) is 11.4 Å². The molecule has 1 atom stereocenters. The molecule has 29 heavy (non-hydrogen) atoms. The van der Waals surface area contributed by atoms with Gasteiger partial charge in [-0.15, -0.1) is 0 Å². The molecule has 156 valence electrons. The largest absolute Gasteiger partial charge is 0.357 e. The number of amides is 2. The molecule has 0 fully saturated rings. The Morgan fingerprint density at radius 1 is 1.31 bits per heavy atom. The zero-order chi connectivity index (χ0) is 21.0. The second-order valence-electron chi connectivity index (χ2n) is 7.73. The topological polar surface area (TPSA) is 88.1 Å². The molecule has 3 N–H and O–H groups in total. The van der Waals surface area contributed by atoms with Gasteiger partial charge in [0.2, 0.25) is 11.8 Å². The summed E-state index contributed by atoms with van der Waals surface area (Å²) < 4.78 is 16.6. The van der Waals surface area contributed by atoms with Crippen molar-refractivity contribution in [1.29, 1.82) is 0 Å². The molecule has 0 radical (unpaired) electrons. The first-order chi connectivity index (χ1) is 13.8. The number of hydrogen-bond donors (Lipinski definition) is 3. The summed E-state index contributed by atoms with van der Waals surface area (Å²) in [5.41, 5.74) is 0.684. The number of alkyl halides is 1. The molecule has 1 aliphatic heterocycles. The van der Waals surface area contributed by atoms with Gasteiger partial charge >= 0.3 is 0 Å². The van der Waals surface area contributed by atoms with Crippen LogP contribution >= 0.6 is 0 Å². The minimum Gasteiger partial charge on any atom is -0.357 e. The molecule has 3 rings (SSSR count). The van der Waals surface area contributed by atoms with Gasteiger partial charge in [-0.25, -0.2) is 9.37 Å².